The molecule has 0 aliphatic rings. The first-order chi connectivity index (χ1) is 12.9. The SMILES string of the molecule is CCCCN(CC(C)C)CC(O)CNc1cc(OC)cc2ccc(C)nc12. The quantitative estimate of drug-likeness (QED) is 0.621. The third kappa shape index (κ3) is 6.67. The van der Waals surface area contributed by atoms with Crippen LogP contribution >= 0.6 is 0 Å². The first kappa shape index (κ1) is 21.5. The molecule has 2 aromatic rings. The Morgan fingerprint density at radius 1 is 1.22 bits per heavy atom. The number of nitrogens with zero attached hydrogens (tertiary/aromatic N) is 2. The third-order valence-corrected chi connectivity index (χ3v) is 4.59. The van der Waals surface area contributed by atoms with E-state index in [2.05, 4.69) is 42.0 Å². The lowest BCUT2D eigenvalue weighted by Gasteiger charge is -2.27. The van der Waals surface area contributed by atoms with Crippen LogP contribution in [-0.4, -0.2) is 54.4 Å². The minimum atomic E-state index is -0.438. The molecule has 0 radical (unpaired) electrons. The Morgan fingerprint density at radius 2 is 2.00 bits per heavy atom. The van der Waals surface area contributed by atoms with Crippen LogP contribution < -0.4 is 10.1 Å². The molecule has 0 aliphatic heterocycles. The van der Waals surface area contributed by atoms with E-state index >= 15 is 0 Å². The van der Waals surface area contributed by atoms with E-state index in [4.69, 9.17) is 4.74 Å². The van der Waals surface area contributed by atoms with Gasteiger partial charge in [-0.05, 0) is 37.9 Å². The molecule has 0 spiro atoms. The van der Waals surface area contributed by atoms with Gasteiger partial charge in [0.25, 0.3) is 0 Å². The van der Waals surface area contributed by atoms with E-state index < -0.39 is 6.10 Å². The summed E-state index contributed by atoms with van der Waals surface area (Å²) < 4.78 is 5.41. The second-order valence-electron chi connectivity index (χ2n) is 7.74. The molecule has 5 heteroatoms. The molecule has 0 aliphatic carbocycles. The Kier molecular flexibility index (Phi) is 8.32. The van der Waals surface area contributed by atoms with Crippen LogP contribution in [0.25, 0.3) is 10.9 Å². The topological polar surface area (TPSA) is 57.6 Å². The summed E-state index contributed by atoms with van der Waals surface area (Å²) in [6.07, 6.45) is 1.90. The van der Waals surface area contributed by atoms with Gasteiger partial charge < -0.3 is 20.1 Å². The van der Waals surface area contributed by atoms with Gasteiger partial charge in [-0.15, -0.1) is 0 Å². The molecule has 0 saturated carbocycles. The number of ether oxygens (including phenoxy) is 1. The van der Waals surface area contributed by atoms with Crippen LogP contribution in [0.15, 0.2) is 24.3 Å². The second-order valence-corrected chi connectivity index (χ2v) is 7.74. The standard InChI is InChI=1S/C22H35N3O2/c1-6-7-10-25(14-16(2)3)15-19(26)13-23-21-12-20(27-5)11-18-9-8-17(4)24-22(18)21/h8-9,11-12,16,19,23,26H,6-7,10,13-15H2,1-5H3. The van der Waals surface area contributed by atoms with E-state index in [9.17, 15) is 5.11 Å². The first-order valence-corrected chi connectivity index (χ1v) is 10.0. The molecule has 1 aromatic heterocycles. The maximum Gasteiger partial charge on any atom is 0.121 e. The monoisotopic (exact) mass is 373 g/mol. The molecule has 1 heterocycles. The normalized spacial score (nSPS) is 12.7. The molecule has 2 rings (SSSR count). The van der Waals surface area contributed by atoms with Gasteiger partial charge in [-0.2, -0.15) is 0 Å². The lowest BCUT2D eigenvalue weighted by molar-refractivity contribution is 0.113. The number of rotatable bonds is 11. The lowest BCUT2D eigenvalue weighted by atomic mass is 10.1. The molecule has 1 atom stereocenters. The highest BCUT2D eigenvalue weighted by molar-refractivity contribution is 5.92. The van der Waals surface area contributed by atoms with Crippen LogP contribution in [-0.2, 0) is 0 Å². The van der Waals surface area contributed by atoms with E-state index in [1.807, 2.05) is 25.1 Å². The van der Waals surface area contributed by atoms with Crippen LogP contribution in [0.2, 0.25) is 0 Å². The Morgan fingerprint density at radius 3 is 2.67 bits per heavy atom. The van der Waals surface area contributed by atoms with E-state index in [0.717, 1.165) is 47.5 Å². The van der Waals surface area contributed by atoms with Crippen molar-refractivity contribution >= 4 is 16.6 Å². The van der Waals surface area contributed by atoms with Crippen molar-refractivity contribution in [2.24, 2.45) is 5.92 Å². The molecular weight excluding hydrogens is 338 g/mol. The zero-order valence-corrected chi connectivity index (χ0v) is 17.5. The van der Waals surface area contributed by atoms with Crippen LogP contribution in [0.5, 0.6) is 5.75 Å². The van der Waals surface area contributed by atoms with Gasteiger partial charge in [-0.3, -0.25) is 4.98 Å². The highest BCUT2D eigenvalue weighted by atomic mass is 16.5. The van der Waals surface area contributed by atoms with E-state index in [0.29, 0.717) is 19.0 Å². The summed E-state index contributed by atoms with van der Waals surface area (Å²) in [4.78, 5) is 7.03. The van der Waals surface area contributed by atoms with E-state index in [-0.39, 0.29) is 0 Å². The van der Waals surface area contributed by atoms with Gasteiger partial charge in [0, 0.05) is 36.8 Å². The number of methoxy groups -OCH3 is 1. The van der Waals surface area contributed by atoms with Crippen molar-refractivity contribution in [2.45, 2.75) is 46.6 Å². The number of nitrogens with one attached hydrogen (secondary N) is 1. The van der Waals surface area contributed by atoms with Gasteiger partial charge in [0.15, 0.2) is 0 Å². The Bertz CT molecular complexity index is 718. The molecule has 2 N–H and O–H groups in total. The minimum absolute atomic E-state index is 0.438. The fraction of sp³-hybridized carbons (Fsp3) is 0.591. The van der Waals surface area contributed by atoms with Gasteiger partial charge in [-0.25, -0.2) is 0 Å². The zero-order valence-electron chi connectivity index (χ0n) is 17.5. The number of aliphatic hydroxyl groups is 1. The average molecular weight is 374 g/mol. The molecule has 27 heavy (non-hydrogen) atoms. The minimum Gasteiger partial charge on any atom is -0.497 e. The summed E-state index contributed by atoms with van der Waals surface area (Å²) in [7, 11) is 1.67. The van der Waals surface area contributed by atoms with Crippen molar-refractivity contribution in [1.82, 2.24) is 9.88 Å². The number of anilines is 1. The van der Waals surface area contributed by atoms with Crippen molar-refractivity contribution in [2.75, 3.05) is 38.6 Å². The Hall–Kier alpha value is -1.85. The largest absolute Gasteiger partial charge is 0.497 e. The number of hydrogen-bond donors (Lipinski definition) is 2. The van der Waals surface area contributed by atoms with E-state index in [1.165, 1.54) is 6.42 Å². The molecule has 150 valence electrons. The number of pyridine rings is 1. The number of benzene rings is 1. The summed E-state index contributed by atoms with van der Waals surface area (Å²) in [5, 5.41) is 15.0. The summed E-state index contributed by atoms with van der Waals surface area (Å²) >= 11 is 0. The van der Waals surface area contributed by atoms with Crippen molar-refractivity contribution in [3.8, 4) is 5.75 Å². The number of aliphatic hydroxyl groups excluding tert-OH is 1. The van der Waals surface area contributed by atoms with E-state index in [1.54, 1.807) is 7.11 Å². The van der Waals surface area contributed by atoms with Crippen molar-refractivity contribution in [3.05, 3.63) is 30.0 Å². The van der Waals surface area contributed by atoms with Gasteiger partial charge in [0.05, 0.1) is 24.4 Å². The van der Waals surface area contributed by atoms with Crippen LogP contribution in [0.4, 0.5) is 5.69 Å². The highest BCUT2D eigenvalue weighted by Gasteiger charge is 2.14. The van der Waals surface area contributed by atoms with Gasteiger partial charge in [0.1, 0.15) is 5.75 Å². The first-order valence-electron chi connectivity index (χ1n) is 10.0. The predicted octanol–water partition coefficient (Wildman–Crippen LogP) is 4.08. The number of aromatic nitrogens is 1. The molecule has 0 amide bonds. The Labute approximate surface area is 163 Å². The van der Waals surface area contributed by atoms with Crippen molar-refractivity contribution in [3.63, 3.8) is 0 Å². The van der Waals surface area contributed by atoms with Gasteiger partial charge in [-0.1, -0.05) is 33.3 Å². The number of aryl methyl sites for hydroxylation is 1. The Balaban J connectivity index is 2.06. The lowest BCUT2D eigenvalue weighted by Crippen LogP contribution is -2.38. The number of hydrogen-bond acceptors (Lipinski definition) is 5. The van der Waals surface area contributed by atoms with Gasteiger partial charge in [0.2, 0.25) is 0 Å². The zero-order chi connectivity index (χ0) is 19.8. The molecule has 0 bridgehead atoms. The van der Waals surface area contributed by atoms with Gasteiger partial charge >= 0.3 is 0 Å². The second kappa shape index (κ2) is 10.5. The number of fused-ring (bicyclic) bond motifs is 1. The average Bonchev–Trinajstić information content (AvgIpc) is 2.63. The summed E-state index contributed by atoms with van der Waals surface area (Å²) in [5.74, 6) is 1.38. The molecule has 1 unspecified atom stereocenters. The third-order valence-electron chi connectivity index (χ3n) is 4.59. The van der Waals surface area contributed by atoms with Crippen LogP contribution in [0, 0.1) is 12.8 Å². The maximum absolute atomic E-state index is 10.6. The van der Waals surface area contributed by atoms with Crippen molar-refractivity contribution in [1.29, 1.82) is 0 Å². The summed E-state index contributed by atoms with van der Waals surface area (Å²) in [6, 6.07) is 7.98. The maximum atomic E-state index is 10.6. The highest BCUT2D eigenvalue weighted by Crippen LogP contribution is 2.28. The molecule has 1 aromatic carbocycles. The number of unbranched alkanes of at least 4 members (excludes halogenated alkanes) is 1. The predicted molar refractivity (Wildman–Crippen MR) is 114 cm³/mol. The molecule has 0 fully saturated rings. The van der Waals surface area contributed by atoms with Crippen molar-refractivity contribution < 1.29 is 9.84 Å². The fourth-order valence-electron chi connectivity index (χ4n) is 3.30. The fourth-order valence-corrected chi connectivity index (χ4v) is 3.30. The molecular formula is C22H35N3O2. The summed E-state index contributed by atoms with van der Waals surface area (Å²) in [6.45, 7) is 11.8. The smallest absolute Gasteiger partial charge is 0.121 e. The van der Waals surface area contributed by atoms with Crippen LogP contribution in [0.1, 0.15) is 39.3 Å². The summed E-state index contributed by atoms with van der Waals surface area (Å²) in [5.41, 5.74) is 2.78. The molecule has 5 nitrogen and oxygen atoms in total. The van der Waals surface area contributed by atoms with Crippen LogP contribution in [0.3, 0.4) is 0 Å². The molecule has 0 saturated heterocycles.